The van der Waals surface area contributed by atoms with Crippen LogP contribution in [0.15, 0.2) is 59.6 Å². The summed E-state index contributed by atoms with van der Waals surface area (Å²) in [6, 6.07) is 15.6. The minimum atomic E-state index is -4.65. The number of rotatable bonds is 8. The van der Waals surface area contributed by atoms with Crippen molar-refractivity contribution in [2.75, 3.05) is 4.72 Å². The summed E-state index contributed by atoms with van der Waals surface area (Å²) < 4.78 is 73.3. The van der Waals surface area contributed by atoms with Crippen molar-refractivity contribution in [3.05, 3.63) is 71.5 Å². The number of nitrogens with one attached hydrogen (secondary N) is 1. The summed E-state index contributed by atoms with van der Waals surface area (Å²) in [6.45, 7) is 5.80. The maximum absolute atomic E-state index is 13.3. The van der Waals surface area contributed by atoms with Crippen LogP contribution in [-0.4, -0.2) is 35.6 Å². The van der Waals surface area contributed by atoms with E-state index in [9.17, 15) is 21.6 Å². The van der Waals surface area contributed by atoms with E-state index >= 15 is 0 Å². The molecule has 0 radical (unpaired) electrons. The highest BCUT2D eigenvalue weighted by Crippen LogP contribution is 2.44. The summed E-state index contributed by atoms with van der Waals surface area (Å²) in [7, 11) is -2.30. The lowest BCUT2D eigenvalue weighted by Crippen LogP contribution is -2.21. The fraction of sp³-hybridized carbons (Fsp3) is 0.379. The van der Waals surface area contributed by atoms with E-state index in [-0.39, 0.29) is 28.3 Å². The van der Waals surface area contributed by atoms with Gasteiger partial charge in [0.15, 0.2) is 5.13 Å². The van der Waals surface area contributed by atoms with Crippen molar-refractivity contribution in [3.63, 3.8) is 0 Å². The van der Waals surface area contributed by atoms with E-state index in [1.54, 1.807) is 14.0 Å². The lowest BCUT2D eigenvalue weighted by atomic mass is 9.92. The molecule has 1 aliphatic rings. The van der Waals surface area contributed by atoms with Crippen LogP contribution in [0.5, 0.6) is 0 Å². The Balaban J connectivity index is 1.55. The van der Waals surface area contributed by atoms with Gasteiger partial charge in [-0.2, -0.15) is 5.10 Å². The molecule has 0 bridgehead atoms. The molecule has 0 spiro atoms. The van der Waals surface area contributed by atoms with Crippen LogP contribution in [0.1, 0.15) is 61.8 Å². The highest BCUT2D eigenvalue weighted by atomic mass is 32.2. The molecule has 2 aromatic carbocycles. The number of benzene rings is 2. The number of anilines is 1. The van der Waals surface area contributed by atoms with Crippen molar-refractivity contribution in [3.8, 4) is 21.7 Å². The number of thiazole rings is 1. The highest BCUT2D eigenvalue weighted by Gasteiger charge is 2.37. The van der Waals surface area contributed by atoms with Crippen molar-refractivity contribution >= 4 is 26.5 Å². The van der Waals surface area contributed by atoms with Crippen LogP contribution in [0.3, 0.4) is 0 Å². The van der Waals surface area contributed by atoms with Gasteiger partial charge in [-0.3, -0.25) is 14.1 Å². The Morgan fingerprint density at radius 1 is 1.12 bits per heavy atom. The maximum Gasteiger partial charge on any atom is 0.522 e. The number of aromatic nitrogens is 3. The first kappa shape index (κ1) is 29.3. The average Bonchev–Trinajstić information content (AvgIpc) is 3.61. The van der Waals surface area contributed by atoms with Gasteiger partial charge in [0, 0.05) is 18.8 Å². The normalized spacial score (nSPS) is 17.9. The molecule has 2 aromatic heterocycles. The molecule has 0 saturated heterocycles. The summed E-state index contributed by atoms with van der Waals surface area (Å²) >= 11 is 1.22. The maximum atomic E-state index is 13.3. The van der Waals surface area contributed by atoms with Crippen LogP contribution in [0.25, 0.3) is 21.7 Å². The Morgan fingerprint density at radius 3 is 2.56 bits per heavy atom. The third kappa shape index (κ3) is 6.49. The molecule has 218 valence electrons. The molecule has 2 atom stereocenters. The molecule has 7 nitrogen and oxygen atoms in total. The van der Waals surface area contributed by atoms with Gasteiger partial charge in [0.2, 0.25) is 0 Å². The van der Waals surface area contributed by atoms with Gasteiger partial charge in [-0.25, -0.2) is 13.4 Å². The summed E-state index contributed by atoms with van der Waals surface area (Å²) in [5.74, 6) is 0.113. The van der Waals surface area contributed by atoms with Gasteiger partial charge < -0.3 is 0 Å². The van der Waals surface area contributed by atoms with Crippen molar-refractivity contribution in [2.24, 2.45) is 7.05 Å². The van der Waals surface area contributed by atoms with E-state index in [0.717, 1.165) is 27.1 Å². The van der Waals surface area contributed by atoms with Crippen LogP contribution < -0.4 is 4.72 Å². The van der Waals surface area contributed by atoms with Crippen molar-refractivity contribution < 1.29 is 26.3 Å². The largest absolute Gasteiger partial charge is 0.522 e. The van der Waals surface area contributed by atoms with Gasteiger partial charge in [0.05, 0.1) is 22.4 Å². The number of aryl methyl sites for hydroxylation is 2. The van der Waals surface area contributed by atoms with Gasteiger partial charge in [-0.1, -0.05) is 67.6 Å². The molecule has 2 heterocycles. The highest BCUT2D eigenvalue weighted by molar-refractivity contribution is 7.93. The molecule has 41 heavy (non-hydrogen) atoms. The molecular weight excluding hydrogens is 573 g/mol. The number of sulfonamides is 1. The van der Waals surface area contributed by atoms with E-state index in [2.05, 4.69) is 28.4 Å². The minimum Gasteiger partial charge on any atom is -0.289 e. The SMILES string of the molecule is Cc1nn(C)cc1S(=O)(=O)Nc1nc(-c2ccccc2C(C)C)c(-c2cccc([C@@H]3CC[C@@H](OC(F)(F)F)C3)c2)s1. The first-order valence-electron chi connectivity index (χ1n) is 13.3. The molecule has 4 aromatic rings. The summed E-state index contributed by atoms with van der Waals surface area (Å²) in [6.07, 6.45) is -2.86. The van der Waals surface area contributed by atoms with Crippen molar-refractivity contribution in [2.45, 2.75) is 69.2 Å². The molecule has 1 aliphatic carbocycles. The zero-order valence-electron chi connectivity index (χ0n) is 23.1. The minimum absolute atomic E-state index is 0.0692. The van der Waals surface area contributed by atoms with E-state index in [1.807, 2.05) is 48.5 Å². The monoisotopic (exact) mass is 604 g/mol. The Hall–Kier alpha value is -3.22. The predicted molar refractivity (Wildman–Crippen MR) is 153 cm³/mol. The summed E-state index contributed by atoms with van der Waals surface area (Å²) in [4.78, 5) is 5.62. The van der Waals surface area contributed by atoms with E-state index in [1.165, 1.54) is 22.2 Å². The van der Waals surface area contributed by atoms with Crippen LogP contribution in [0, 0.1) is 6.92 Å². The zero-order chi connectivity index (χ0) is 29.5. The number of alkyl halides is 3. The van der Waals surface area contributed by atoms with Crippen LogP contribution >= 0.6 is 11.3 Å². The van der Waals surface area contributed by atoms with Gasteiger partial charge in [0.1, 0.15) is 4.90 Å². The van der Waals surface area contributed by atoms with Crippen molar-refractivity contribution in [1.82, 2.24) is 14.8 Å². The number of hydrogen-bond acceptors (Lipinski definition) is 6. The zero-order valence-corrected chi connectivity index (χ0v) is 24.7. The molecule has 0 amide bonds. The molecule has 12 heteroatoms. The van der Waals surface area contributed by atoms with E-state index in [4.69, 9.17) is 4.98 Å². The lowest BCUT2D eigenvalue weighted by Gasteiger charge is -2.15. The number of hydrogen-bond donors (Lipinski definition) is 1. The predicted octanol–water partition coefficient (Wildman–Crippen LogP) is 7.62. The first-order chi connectivity index (χ1) is 19.3. The molecule has 1 N–H and O–H groups in total. The second kappa shape index (κ2) is 11.2. The molecule has 1 saturated carbocycles. The van der Waals surface area contributed by atoms with Crippen LogP contribution in [-0.2, 0) is 21.8 Å². The Labute approximate surface area is 241 Å². The van der Waals surface area contributed by atoms with E-state index in [0.29, 0.717) is 24.2 Å². The third-order valence-electron chi connectivity index (χ3n) is 7.25. The number of ether oxygens (including phenoxy) is 1. The number of nitrogens with zero attached hydrogens (tertiary/aromatic N) is 3. The third-order valence-corrected chi connectivity index (χ3v) is 9.84. The molecular formula is C29H31F3N4O3S2. The standard InChI is InChI=1S/C29H31F3N4O3S2/c1-17(2)23-10-5-6-11-24(23)26-27(40-28(33-26)35-41(37,38)25-16-36(4)34-18(25)3)21-9-7-8-19(14-21)20-12-13-22(15-20)39-29(30,31)32/h5-11,14,16-17,20,22H,12-13,15H2,1-4H3,(H,33,35)/t20-,22-/m1/s1. The topological polar surface area (TPSA) is 86.1 Å². The fourth-order valence-corrected chi connectivity index (χ4v) is 7.87. The lowest BCUT2D eigenvalue weighted by molar-refractivity contribution is -0.341. The quantitative estimate of drug-likeness (QED) is 0.224. The fourth-order valence-electron chi connectivity index (χ4n) is 5.44. The first-order valence-corrected chi connectivity index (χ1v) is 15.6. The van der Waals surface area contributed by atoms with Gasteiger partial charge in [0.25, 0.3) is 10.0 Å². The molecule has 5 rings (SSSR count). The van der Waals surface area contributed by atoms with E-state index < -0.39 is 22.5 Å². The second-order valence-corrected chi connectivity index (χ2v) is 13.3. The van der Waals surface area contributed by atoms with Gasteiger partial charge >= 0.3 is 6.36 Å². The molecule has 0 unspecified atom stereocenters. The second-order valence-electron chi connectivity index (χ2n) is 10.6. The smallest absolute Gasteiger partial charge is 0.289 e. The Kier molecular flexibility index (Phi) is 8.01. The summed E-state index contributed by atoms with van der Waals surface area (Å²) in [5.41, 5.74) is 4.70. The van der Waals surface area contributed by atoms with Crippen LogP contribution in [0.2, 0.25) is 0 Å². The van der Waals surface area contributed by atoms with Crippen LogP contribution in [0.4, 0.5) is 18.3 Å². The Morgan fingerprint density at radius 2 is 1.88 bits per heavy atom. The van der Waals surface area contributed by atoms with Gasteiger partial charge in [-0.05, 0) is 60.8 Å². The summed E-state index contributed by atoms with van der Waals surface area (Å²) in [5, 5.41) is 4.36. The van der Waals surface area contributed by atoms with Crippen molar-refractivity contribution in [1.29, 1.82) is 0 Å². The van der Waals surface area contributed by atoms with Gasteiger partial charge in [-0.15, -0.1) is 13.2 Å². The molecule has 1 fully saturated rings. The molecule has 0 aliphatic heterocycles. The Bertz CT molecular complexity index is 1660. The average molecular weight is 605 g/mol. The number of halogens is 3.